The molecule has 3 N–H and O–H groups in total. The number of hydrogen-bond acceptors (Lipinski definition) is 3. The standard InChI is InChI=1S/C10H22N2O/c1-9(13)8-12-7-3-2-4-10(12)5-6-11/h9-10,13H,2-8,11H2,1H3/t9-,10?/m1/s1. The average molecular weight is 186 g/mol. The minimum Gasteiger partial charge on any atom is -0.392 e. The summed E-state index contributed by atoms with van der Waals surface area (Å²) in [5, 5.41) is 9.32. The Morgan fingerprint density at radius 2 is 2.31 bits per heavy atom. The van der Waals surface area contributed by atoms with Gasteiger partial charge in [0.15, 0.2) is 0 Å². The van der Waals surface area contributed by atoms with Crippen LogP contribution >= 0.6 is 0 Å². The number of rotatable bonds is 4. The van der Waals surface area contributed by atoms with E-state index in [4.69, 9.17) is 5.73 Å². The van der Waals surface area contributed by atoms with Crippen molar-refractivity contribution in [3.05, 3.63) is 0 Å². The molecule has 1 heterocycles. The SMILES string of the molecule is C[C@@H](O)CN1CCCCC1CCN. The summed E-state index contributed by atoms with van der Waals surface area (Å²) >= 11 is 0. The predicted molar refractivity (Wildman–Crippen MR) is 54.6 cm³/mol. The molecule has 3 nitrogen and oxygen atoms in total. The van der Waals surface area contributed by atoms with E-state index in [0.29, 0.717) is 6.04 Å². The third kappa shape index (κ3) is 3.63. The van der Waals surface area contributed by atoms with Crippen LogP contribution in [0.3, 0.4) is 0 Å². The van der Waals surface area contributed by atoms with Gasteiger partial charge in [0.1, 0.15) is 0 Å². The molecule has 0 saturated carbocycles. The molecule has 0 spiro atoms. The van der Waals surface area contributed by atoms with E-state index in [1.54, 1.807) is 0 Å². The van der Waals surface area contributed by atoms with Crippen LogP contribution in [0.2, 0.25) is 0 Å². The zero-order chi connectivity index (χ0) is 9.68. The highest BCUT2D eigenvalue weighted by molar-refractivity contribution is 4.78. The van der Waals surface area contributed by atoms with E-state index in [1.807, 2.05) is 6.92 Å². The fraction of sp³-hybridized carbons (Fsp3) is 1.00. The lowest BCUT2D eigenvalue weighted by Gasteiger charge is -2.36. The Labute approximate surface area is 80.9 Å². The summed E-state index contributed by atoms with van der Waals surface area (Å²) in [6, 6.07) is 0.619. The number of β-amino-alcohol motifs (C(OH)–C–C–N with tert-alkyl or cyclic N) is 1. The normalized spacial score (nSPS) is 27.5. The van der Waals surface area contributed by atoms with Crippen LogP contribution in [-0.4, -0.2) is 41.8 Å². The first kappa shape index (κ1) is 11.0. The summed E-state index contributed by atoms with van der Waals surface area (Å²) in [6.45, 7) is 4.56. The second-order valence-corrected chi connectivity index (χ2v) is 4.07. The average Bonchev–Trinajstić information content (AvgIpc) is 2.08. The molecular formula is C10H22N2O. The monoisotopic (exact) mass is 186 g/mol. The molecule has 1 rings (SSSR count). The van der Waals surface area contributed by atoms with Gasteiger partial charge in [0.05, 0.1) is 6.10 Å². The zero-order valence-corrected chi connectivity index (χ0v) is 8.58. The Balaban J connectivity index is 2.36. The van der Waals surface area contributed by atoms with Crippen LogP contribution in [0.1, 0.15) is 32.6 Å². The van der Waals surface area contributed by atoms with Crippen LogP contribution in [0.25, 0.3) is 0 Å². The second-order valence-electron chi connectivity index (χ2n) is 4.07. The van der Waals surface area contributed by atoms with Crippen molar-refractivity contribution < 1.29 is 5.11 Å². The maximum absolute atomic E-state index is 9.32. The van der Waals surface area contributed by atoms with Crippen LogP contribution in [-0.2, 0) is 0 Å². The number of aliphatic hydroxyl groups excluding tert-OH is 1. The number of hydrogen-bond donors (Lipinski definition) is 2. The van der Waals surface area contributed by atoms with Gasteiger partial charge >= 0.3 is 0 Å². The van der Waals surface area contributed by atoms with Gasteiger partial charge in [-0.25, -0.2) is 0 Å². The van der Waals surface area contributed by atoms with Crippen LogP contribution in [0.15, 0.2) is 0 Å². The molecule has 0 aromatic carbocycles. The maximum Gasteiger partial charge on any atom is 0.0639 e. The maximum atomic E-state index is 9.32. The Hall–Kier alpha value is -0.120. The van der Waals surface area contributed by atoms with Gasteiger partial charge in [0.25, 0.3) is 0 Å². The second kappa shape index (κ2) is 5.58. The van der Waals surface area contributed by atoms with Crippen molar-refractivity contribution in [3.8, 4) is 0 Å². The van der Waals surface area contributed by atoms with Gasteiger partial charge in [-0.15, -0.1) is 0 Å². The van der Waals surface area contributed by atoms with Gasteiger partial charge in [0.2, 0.25) is 0 Å². The quantitative estimate of drug-likeness (QED) is 0.675. The first-order valence-corrected chi connectivity index (χ1v) is 5.36. The van der Waals surface area contributed by atoms with E-state index < -0.39 is 0 Å². The molecule has 0 bridgehead atoms. The van der Waals surface area contributed by atoms with Crippen molar-refractivity contribution >= 4 is 0 Å². The molecule has 1 aliphatic heterocycles. The minimum atomic E-state index is -0.210. The highest BCUT2D eigenvalue weighted by Gasteiger charge is 2.22. The van der Waals surface area contributed by atoms with Gasteiger partial charge in [-0.3, -0.25) is 4.90 Å². The van der Waals surface area contributed by atoms with Crippen molar-refractivity contribution in [2.45, 2.75) is 44.8 Å². The summed E-state index contributed by atoms with van der Waals surface area (Å²) < 4.78 is 0. The van der Waals surface area contributed by atoms with Gasteiger partial charge < -0.3 is 10.8 Å². The molecule has 1 saturated heterocycles. The largest absolute Gasteiger partial charge is 0.392 e. The molecule has 0 aliphatic carbocycles. The molecule has 0 aromatic rings. The Morgan fingerprint density at radius 1 is 1.54 bits per heavy atom. The van der Waals surface area contributed by atoms with Crippen LogP contribution in [0.5, 0.6) is 0 Å². The zero-order valence-electron chi connectivity index (χ0n) is 8.58. The summed E-state index contributed by atoms with van der Waals surface area (Å²) in [5.74, 6) is 0. The topological polar surface area (TPSA) is 49.5 Å². The molecule has 0 amide bonds. The van der Waals surface area contributed by atoms with Gasteiger partial charge in [0, 0.05) is 12.6 Å². The van der Waals surface area contributed by atoms with Crippen molar-refractivity contribution in [2.75, 3.05) is 19.6 Å². The van der Waals surface area contributed by atoms with Crippen LogP contribution in [0.4, 0.5) is 0 Å². The first-order chi connectivity index (χ1) is 6.24. The minimum absolute atomic E-state index is 0.210. The Bertz CT molecular complexity index is 137. The number of likely N-dealkylation sites (tertiary alicyclic amines) is 1. The molecule has 78 valence electrons. The molecule has 2 atom stereocenters. The number of nitrogens with zero attached hydrogens (tertiary/aromatic N) is 1. The smallest absolute Gasteiger partial charge is 0.0639 e. The molecule has 13 heavy (non-hydrogen) atoms. The molecule has 1 fully saturated rings. The van der Waals surface area contributed by atoms with E-state index in [9.17, 15) is 5.11 Å². The first-order valence-electron chi connectivity index (χ1n) is 5.36. The molecule has 1 aliphatic rings. The van der Waals surface area contributed by atoms with Gasteiger partial charge in [-0.2, -0.15) is 0 Å². The van der Waals surface area contributed by atoms with E-state index in [2.05, 4.69) is 4.90 Å². The predicted octanol–water partition coefficient (Wildman–Crippen LogP) is 0.571. The lowest BCUT2D eigenvalue weighted by molar-refractivity contribution is 0.0739. The highest BCUT2D eigenvalue weighted by Crippen LogP contribution is 2.19. The summed E-state index contributed by atoms with van der Waals surface area (Å²) in [4.78, 5) is 2.39. The third-order valence-electron chi connectivity index (χ3n) is 2.75. The van der Waals surface area contributed by atoms with Crippen molar-refractivity contribution in [3.63, 3.8) is 0 Å². The molecule has 0 aromatic heterocycles. The highest BCUT2D eigenvalue weighted by atomic mass is 16.3. The van der Waals surface area contributed by atoms with Crippen molar-refractivity contribution in [1.29, 1.82) is 0 Å². The Kier molecular flexibility index (Phi) is 4.70. The van der Waals surface area contributed by atoms with Gasteiger partial charge in [-0.1, -0.05) is 6.42 Å². The number of nitrogens with two attached hydrogens (primary N) is 1. The summed E-state index contributed by atoms with van der Waals surface area (Å²) in [6.07, 6.45) is 4.71. The van der Waals surface area contributed by atoms with Crippen molar-refractivity contribution in [2.24, 2.45) is 5.73 Å². The Morgan fingerprint density at radius 3 is 2.92 bits per heavy atom. The number of piperidine rings is 1. The molecular weight excluding hydrogens is 164 g/mol. The van der Waals surface area contributed by atoms with Crippen LogP contribution in [0, 0.1) is 0 Å². The van der Waals surface area contributed by atoms with E-state index in [1.165, 1.54) is 19.3 Å². The molecule has 1 unspecified atom stereocenters. The lowest BCUT2D eigenvalue weighted by atomic mass is 9.99. The van der Waals surface area contributed by atoms with Crippen molar-refractivity contribution in [1.82, 2.24) is 4.90 Å². The van der Waals surface area contributed by atoms with E-state index in [0.717, 1.165) is 26.1 Å². The summed E-state index contributed by atoms with van der Waals surface area (Å²) in [7, 11) is 0. The lowest BCUT2D eigenvalue weighted by Crippen LogP contribution is -2.43. The van der Waals surface area contributed by atoms with E-state index in [-0.39, 0.29) is 6.10 Å². The van der Waals surface area contributed by atoms with Gasteiger partial charge in [-0.05, 0) is 39.3 Å². The number of aliphatic hydroxyl groups is 1. The fourth-order valence-corrected chi connectivity index (χ4v) is 2.16. The third-order valence-corrected chi connectivity index (χ3v) is 2.75. The fourth-order valence-electron chi connectivity index (χ4n) is 2.16. The van der Waals surface area contributed by atoms with Crippen LogP contribution < -0.4 is 5.73 Å². The molecule has 3 heteroatoms. The summed E-state index contributed by atoms with van der Waals surface area (Å²) in [5.41, 5.74) is 5.56. The molecule has 0 radical (unpaired) electrons. The van der Waals surface area contributed by atoms with E-state index >= 15 is 0 Å².